The number of carbonyl (C=O) groups is 1. The van der Waals surface area contributed by atoms with Crippen LogP contribution >= 0.6 is 0 Å². The average Bonchev–Trinajstić information content (AvgIpc) is 3.22. The normalized spacial score (nSPS) is 11.1. The lowest BCUT2D eigenvalue weighted by Gasteiger charge is -2.04. The molecular formula is C26H41N2O2+. The SMILES string of the molecule is CCCCCCCCCCCCCC[n+]1ccn(-c2ccc(CC)cc2C(=O)O)c1. The van der Waals surface area contributed by atoms with E-state index in [1.807, 2.05) is 42.3 Å². The second-order valence-corrected chi connectivity index (χ2v) is 8.46. The summed E-state index contributed by atoms with van der Waals surface area (Å²) in [6.45, 7) is 5.30. The molecule has 0 radical (unpaired) electrons. The van der Waals surface area contributed by atoms with Gasteiger partial charge in [0.2, 0.25) is 6.33 Å². The lowest BCUT2D eigenvalue weighted by molar-refractivity contribution is -0.696. The Morgan fingerprint density at radius 1 is 0.900 bits per heavy atom. The Labute approximate surface area is 182 Å². The Bertz CT molecular complexity index is 751. The van der Waals surface area contributed by atoms with E-state index in [0.717, 1.165) is 24.2 Å². The third kappa shape index (κ3) is 8.33. The van der Waals surface area contributed by atoms with Crippen molar-refractivity contribution in [3.8, 4) is 5.69 Å². The van der Waals surface area contributed by atoms with Crippen molar-refractivity contribution in [1.82, 2.24) is 4.57 Å². The third-order valence-corrected chi connectivity index (χ3v) is 5.94. The zero-order valence-corrected chi connectivity index (χ0v) is 19.1. The molecule has 1 aromatic carbocycles. The first-order valence-corrected chi connectivity index (χ1v) is 12.1. The summed E-state index contributed by atoms with van der Waals surface area (Å²) in [5, 5.41) is 9.56. The van der Waals surface area contributed by atoms with E-state index in [4.69, 9.17) is 0 Å². The summed E-state index contributed by atoms with van der Waals surface area (Å²) in [7, 11) is 0. The molecule has 4 heteroatoms. The van der Waals surface area contributed by atoms with E-state index in [1.54, 1.807) is 6.07 Å². The predicted molar refractivity (Wildman–Crippen MR) is 123 cm³/mol. The van der Waals surface area contributed by atoms with Gasteiger partial charge in [0.05, 0.1) is 6.54 Å². The van der Waals surface area contributed by atoms with Crippen LogP contribution in [0.1, 0.15) is 107 Å². The number of carboxylic acids is 1. The Kier molecular flexibility index (Phi) is 11.3. The molecule has 0 saturated heterocycles. The predicted octanol–water partition coefficient (Wildman–Crippen LogP) is 6.73. The van der Waals surface area contributed by atoms with Crippen molar-refractivity contribution in [2.24, 2.45) is 0 Å². The van der Waals surface area contributed by atoms with E-state index in [2.05, 4.69) is 11.5 Å². The van der Waals surface area contributed by atoms with Crippen LogP contribution in [0.3, 0.4) is 0 Å². The monoisotopic (exact) mass is 413 g/mol. The molecule has 2 rings (SSSR count). The number of aromatic carboxylic acids is 1. The van der Waals surface area contributed by atoms with Crippen molar-refractivity contribution >= 4 is 5.97 Å². The molecule has 0 bridgehead atoms. The number of imidazole rings is 1. The average molecular weight is 414 g/mol. The van der Waals surface area contributed by atoms with Crippen molar-refractivity contribution in [3.63, 3.8) is 0 Å². The van der Waals surface area contributed by atoms with Crippen molar-refractivity contribution in [1.29, 1.82) is 0 Å². The number of carboxylic acid groups (broad SMARTS) is 1. The lowest BCUT2D eigenvalue weighted by Crippen LogP contribution is -2.30. The minimum absolute atomic E-state index is 0.363. The topological polar surface area (TPSA) is 46.1 Å². The molecule has 0 spiro atoms. The number of aromatic nitrogens is 2. The molecule has 0 saturated carbocycles. The zero-order chi connectivity index (χ0) is 21.6. The zero-order valence-electron chi connectivity index (χ0n) is 19.1. The number of benzene rings is 1. The third-order valence-electron chi connectivity index (χ3n) is 5.94. The smallest absolute Gasteiger partial charge is 0.340 e. The molecule has 1 N–H and O–H groups in total. The van der Waals surface area contributed by atoms with Gasteiger partial charge < -0.3 is 5.11 Å². The second-order valence-electron chi connectivity index (χ2n) is 8.46. The molecule has 1 heterocycles. The Morgan fingerprint density at radius 2 is 1.50 bits per heavy atom. The highest BCUT2D eigenvalue weighted by atomic mass is 16.4. The first-order valence-electron chi connectivity index (χ1n) is 12.1. The van der Waals surface area contributed by atoms with Crippen LogP contribution in [0.25, 0.3) is 5.69 Å². The van der Waals surface area contributed by atoms with Crippen molar-refractivity contribution < 1.29 is 14.5 Å². The number of aryl methyl sites for hydroxylation is 2. The number of hydrogen-bond acceptors (Lipinski definition) is 1. The summed E-state index contributed by atoms with van der Waals surface area (Å²) in [5.74, 6) is -0.874. The summed E-state index contributed by atoms with van der Waals surface area (Å²) in [6, 6.07) is 5.71. The number of nitrogens with zero attached hydrogens (tertiary/aromatic N) is 2. The van der Waals surface area contributed by atoms with Gasteiger partial charge in [0.15, 0.2) is 0 Å². The van der Waals surface area contributed by atoms with Crippen LogP contribution in [0.15, 0.2) is 36.9 Å². The van der Waals surface area contributed by atoms with E-state index in [9.17, 15) is 9.90 Å². The molecule has 0 aliphatic carbocycles. The Hall–Kier alpha value is -2.10. The van der Waals surface area contributed by atoms with Gasteiger partial charge in [0.1, 0.15) is 23.6 Å². The molecule has 0 atom stereocenters. The van der Waals surface area contributed by atoms with Gasteiger partial charge in [-0.25, -0.2) is 13.9 Å². The van der Waals surface area contributed by atoms with Gasteiger partial charge in [0.25, 0.3) is 0 Å². The number of hydrogen-bond donors (Lipinski definition) is 1. The maximum atomic E-state index is 11.6. The van der Waals surface area contributed by atoms with Gasteiger partial charge in [0, 0.05) is 0 Å². The molecular weight excluding hydrogens is 372 g/mol. The molecule has 4 nitrogen and oxygen atoms in total. The molecule has 166 valence electrons. The Balaban J connectivity index is 1.66. The fraction of sp³-hybridized carbons (Fsp3) is 0.615. The molecule has 0 aliphatic rings. The van der Waals surface area contributed by atoms with Gasteiger partial charge in [-0.1, -0.05) is 84.1 Å². The maximum Gasteiger partial charge on any atom is 0.340 e. The molecule has 30 heavy (non-hydrogen) atoms. The standard InChI is InChI=1S/C26H40N2O2/c1-3-5-6-7-8-9-10-11-12-13-14-15-18-27-19-20-28(22-27)25-17-16-23(4-2)21-24(25)26(29)30/h16-17,19-22H,3-15,18H2,1-2H3/p+1. The summed E-state index contributed by atoms with van der Waals surface area (Å²) in [4.78, 5) is 11.6. The van der Waals surface area contributed by atoms with Crippen LogP contribution in [-0.2, 0) is 13.0 Å². The summed E-state index contributed by atoms with van der Waals surface area (Å²) >= 11 is 0. The van der Waals surface area contributed by atoms with Crippen LogP contribution in [0.2, 0.25) is 0 Å². The fourth-order valence-corrected chi connectivity index (χ4v) is 4.00. The Morgan fingerprint density at radius 3 is 2.07 bits per heavy atom. The summed E-state index contributed by atoms with van der Waals surface area (Å²) in [5.41, 5.74) is 2.14. The maximum absolute atomic E-state index is 11.6. The van der Waals surface area contributed by atoms with E-state index in [1.165, 1.54) is 77.0 Å². The molecule has 0 amide bonds. The summed E-state index contributed by atoms with van der Waals surface area (Å²) in [6.07, 6.45) is 23.1. The van der Waals surface area contributed by atoms with Gasteiger partial charge in [-0.2, -0.15) is 0 Å². The quantitative estimate of drug-likeness (QED) is 0.245. The van der Waals surface area contributed by atoms with Gasteiger partial charge >= 0.3 is 5.97 Å². The highest BCUT2D eigenvalue weighted by molar-refractivity contribution is 5.92. The van der Waals surface area contributed by atoms with Crippen LogP contribution in [0.4, 0.5) is 0 Å². The second kappa shape index (κ2) is 14.0. The van der Waals surface area contributed by atoms with Crippen molar-refractivity contribution in [3.05, 3.63) is 48.0 Å². The van der Waals surface area contributed by atoms with Crippen molar-refractivity contribution in [2.75, 3.05) is 0 Å². The van der Waals surface area contributed by atoms with E-state index < -0.39 is 5.97 Å². The van der Waals surface area contributed by atoms with Crippen LogP contribution in [0.5, 0.6) is 0 Å². The number of rotatable bonds is 16. The fourth-order valence-electron chi connectivity index (χ4n) is 4.00. The molecule has 0 aliphatic heterocycles. The van der Waals surface area contributed by atoms with Gasteiger partial charge in [-0.15, -0.1) is 0 Å². The van der Waals surface area contributed by atoms with E-state index >= 15 is 0 Å². The minimum atomic E-state index is -0.874. The first-order chi connectivity index (χ1) is 14.7. The minimum Gasteiger partial charge on any atom is -0.478 e. The molecule has 1 aromatic heterocycles. The first kappa shape index (κ1) is 24.2. The highest BCUT2D eigenvalue weighted by Crippen LogP contribution is 2.17. The largest absolute Gasteiger partial charge is 0.478 e. The summed E-state index contributed by atoms with van der Waals surface area (Å²) < 4.78 is 4.08. The molecule has 2 aromatic rings. The van der Waals surface area contributed by atoms with E-state index in [-0.39, 0.29) is 0 Å². The van der Waals surface area contributed by atoms with E-state index in [0.29, 0.717) is 5.56 Å². The van der Waals surface area contributed by atoms with Gasteiger partial charge in [-0.05, 0) is 37.0 Å². The van der Waals surface area contributed by atoms with Crippen LogP contribution in [-0.4, -0.2) is 15.6 Å². The van der Waals surface area contributed by atoms with Crippen LogP contribution < -0.4 is 4.57 Å². The molecule has 0 unspecified atom stereocenters. The van der Waals surface area contributed by atoms with Crippen LogP contribution in [0, 0.1) is 0 Å². The molecule has 0 fully saturated rings. The highest BCUT2D eigenvalue weighted by Gasteiger charge is 2.17. The lowest BCUT2D eigenvalue weighted by atomic mass is 10.1. The van der Waals surface area contributed by atoms with Gasteiger partial charge in [-0.3, -0.25) is 0 Å². The van der Waals surface area contributed by atoms with Crippen molar-refractivity contribution in [2.45, 2.75) is 104 Å². The number of unbranched alkanes of at least 4 members (excludes halogenated alkanes) is 11.